The maximum atomic E-state index is 13.5. The lowest BCUT2D eigenvalue weighted by atomic mass is 9.85. The van der Waals surface area contributed by atoms with Gasteiger partial charge in [0.25, 0.3) is 0 Å². The smallest absolute Gasteiger partial charge is 0.392 e. The summed E-state index contributed by atoms with van der Waals surface area (Å²) in [5.41, 5.74) is 0.939. The summed E-state index contributed by atoms with van der Waals surface area (Å²) in [6.07, 6.45) is -3.38. The van der Waals surface area contributed by atoms with E-state index in [1.807, 2.05) is 6.92 Å². The van der Waals surface area contributed by atoms with Gasteiger partial charge >= 0.3 is 12.1 Å². The highest BCUT2D eigenvalue weighted by Crippen LogP contribution is 2.39. The highest BCUT2D eigenvalue weighted by Gasteiger charge is 2.45. The number of carbonyl (C=O) groups is 2. The van der Waals surface area contributed by atoms with E-state index in [4.69, 9.17) is 23.2 Å². The molecule has 0 fully saturated rings. The molecule has 2 rings (SSSR count). The van der Waals surface area contributed by atoms with Crippen molar-refractivity contribution in [3.8, 4) is 0 Å². The predicted molar refractivity (Wildman–Crippen MR) is 119 cm³/mol. The van der Waals surface area contributed by atoms with Gasteiger partial charge in [-0.1, -0.05) is 61.7 Å². The molecule has 2 aromatic rings. The Morgan fingerprint density at radius 1 is 1.06 bits per heavy atom. The van der Waals surface area contributed by atoms with Crippen molar-refractivity contribution in [3.63, 3.8) is 0 Å². The van der Waals surface area contributed by atoms with Crippen molar-refractivity contribution in [1.82, 2.24) is 0 Å². The Morgan fingerprint density at radius 2 is 1.66 bits per heavy atom. The van der Waals surface area contributed by atoms with Gasteiger partial charge in [-0.25, -0.2) is 0 Å². The lowest BCUT2D eigenvalue weighted by Gasteiger charge is -2.26. The van der Waals surface area contributed by atoms with Crippen LogP contribution in [0.1, 0.15) is 56.1 Å². The summed E-state index contributed by atoms with van der Waals surface area (Å²) in [5.74, 6) is -5.65. The van der Waals surface area contributed by atoms with Crippen LogP contribution in [0.4, 0.5) is 18.9 Å². The number of alkyl halides is 3. The van der Waals surface area contributed by atoms with E-state index in [9.17, 15) is 27.9 Å². The molecule has 1 amide bonds. The van der Waals surface area contributed by atoms with Gasteiger partial charge in [0.15, 0.2) is 0 Å². The molecule has 3 atom stereocenters. The fourth-order valence-corrected chi connectivity index (χ4v) is 3.87. The summed E-state index contributed by atoms with van der Waals surface area (Å²) in [5, 5.41) is 12.2. The number of halogens is 5. The van der Waals surface area contributed by atoms with Gasteiger partial charge in [-0.3, -0.25) is 9.59 Å². The maximum Gasteiger partial charge on any atom is 0.392 e. The number of carbonyl (C=O) groups excluding carboxylic acids is 1. The minimum absolute atomic E-state index is 0.110. The van der Waals surface area contributed by atoms with Crippen LogP contribution in [0.15, 0.2) is 42.5 Å². The normalized spacial score (nSPS) is 14.5. The third-order valence-electron chi connectivity index (χ3n) is 5.31. The van der Waals surface area contributed by atoms with Crippen LogP contribution >= 0.6 is 23.2 Å². The van der Waals surface area contributed by atoms with Gasteiger partial charge in [0.05, 0.1) is 29.0 Å². The van der Waals surface area contributed by atoms with E-state index in [1.165, 1.54) is 36.4 Å². The maximum absolute atomic E-state index is 13.5. The molecule has 0 bridgehead atoms. The number of anilines is 1. The van der Waals surface area contributed by atoms with Crippen LogP contribution < -0.4 is 5.32 Å². The Hall–Kier alpha value is -2.25. The van der Waals surface area contributed by atoms with Crippen molar-refractivity contribution in [2.24, 2.45) is 5.92 Å². The number of hydrogen-bond acceptors (Lipinski definition) is 2. The lowest BCUT2D eigenvalue weighted by Crippen LogP contribution is -2.34. The molecule has 174 valence electrons. The number of carboxylic acids is 1. The molecule has 0 saturated heterocycles. The van der Waals surface area contributed by atoms with Gasteiger partial charge in [-0.2, -0.15) is 13.2 Å². The first-order valence-corrected chi connectivity index (χ1v) is 10.8. The van der Waals surface area contributed by atoms with E-state index < -0.39 is 29.9 Å². The van der Waals surface area contributed by atoms with Crippen LogP contribution in [0, 0.1) is 5.92 Å². The second-order valence-corrected chi connectivity index (χ2v) is 8.52. The molecule has 0 aliphatic rings. The monoisotopic (exact) mass is 489 g/mol. The fourth-order valence-electron chi connectivity index (χ4n) is 3.58. The Morgan fingerprint density at radius 3 is 2.19 bits per heavy atom. The van der Waals surface area contributed by atoms with E-state index in [0.29, 0.717) is 17.0 Å². The summed E-state index contributed by atoms with van der Waals surface area (Å²) in [6, 6.07) is 10.3. The molecular formula is C23H24Cl2F3NO3. The molecule has 4 nitrogen and oxygen atoms in total. The van der Waals surface area contributed by atoms with Crippen molar-refractivity contribution in [1.29, 1.82) is 0 Å². The third kappa shape index (κ3) is 6.87. The molecule has 0 heterocycles. The first-order chi connectivity index (χ1) is 14.9. The largest absolute Gasteiger partial charge is 0.481 e. The average Bonchev–Trinajstić information content (AvgIpc) is 2.70. The molecule has 0 aliphatic carbocycles. The van der Waals surface area contributed by atoms with E-state index in [1.54, 1.807) is 6.07 Å². The van der Waals surface area contributed by atoms with Gasteiger partial charge in [0.2, 0.25) is 5.91 Å². The summed E-state index contributed by atoms with van der Waals surface area (Å²) in [6.45, 7) is 2.86. The van der Waals surface area contributed by atoms with Gasteiger partial charge in [0, 0.05) is 5.02 Å². The fraction of sp³-hybridized carbons (Fsp3) is 0.391. The van der Waals surface area contributed by atoms with Crippen LogP contribution in [0.2, 0.25) is 10.0 Å². The molecule has 32 heavy (non-hydrogen) atoms. The molecular weight excluding hydrogens is 466 g/mol. The Balaban J connectivity index is 2.40. The van der Waals surface area contributed by atoms with Crippen LogP contribution in [0.5, 0.6) is 0 Å². The first kappa shape index (κ1) is 26.0. The number of carboxylic acid groups (broad SMARTS) is 1. The van der Waals surface area contributed by atoms with E-state index in [2.05, 4.69) is 5.32 Å². The molecule has 0 unspecified atom stereocenters. The Labute approximate surface area is 194 Å². The van der Waals surface area contributed by atoms with Crippen molar-refractivity contribution in [2.75, 3.05) is 5.32 Å². The zero-order chi connectivity index (χ0) is 24.1. The van der Waals surface area contributed by atoms with Crippen molar-refractivity contribution in [3.05, 3.63) is 63.6 Å². The highest BCUT2D eigenvalue weighted by molar-refractivity contribution is 6.33. The van der Waals surface area contributed by atoms with Gasteiger partial charge < -0.3 is 10.4 Å². The Bertz CT molecular complexity index is 948. The molecule has 0 aliphatic heterocycles. The van der Waals surface area contributed by atoms with Crippen LogP contribution in [0.3, 0.4) is 0 Å². The number of nitrogens with one attached hydrogen (secondary N) is 1. The molecule has 0 radical (unpaired) electrons. The second kappa shape index (κ2) is 11.1. The molecule has 9 heteroatoms. The minimum Gasteiger partial charge on any atom is -0.481 e. The zero-order valence-electron chi connectivity index (χ0n) is 17.5. The SMILES string of the molecule is CCC[C@H](CC(=O)O)c1ccc(Cl)c(NC(=O)[C@H](c2ccc(Cl)cc2)[C@@H](C)C(F)(F)F)c1. The standard InChI is InChI=1S/C23H24Cl2F3NO3/c1-3-4-15(12-20(30)31)16-7-10-18(25)19(11-16)29-22(32)21(13(2)23(26,27)28)14-5-8-17(24)9-6-14/h5-11,13,15,21H,3-4,12H2,1-2H3,(H,29,32)(H,30,31)/t13-,15-,21+/m1/s1. The number of hydrogen-bond donors (Lipinski definition) is 2. The predicted octanol–water partition coefficient (Wildman–Crippen LogP) is 7.27. The van der Waals surface area contributed by atoms with E-state index in [-0.39, 0.29) is 28.6 Å². The average molecular weight is 490 g/mol. The molecule has 2 N–H and O–H groups in total. The van der Waals surface area contributed by atoms with Crippen LogP contribution in [-0.2, 0) is 9.59 Å². The quantitative estimate of drug-likeness (QED) is 0.389. The third-order valence-corrected chi connectivity index (χ3v) is 5.89. The number of amides is 1. The number of rotatable bonds is 9. The van der Waals surface area contributed by atoms with Gasteiger partial charge in [-0.15, -0.1) is 0 Å². The van der Waals surface area contributed by atoms with Crippen LogP contribution in [-0.4, -0.2) is 23.2 Å². The summed E-state index contributed by atoms with van der Waals surface area (Å²) >= 11 is 12.0. The second-order valence-electron chi connectivity index (χ2n) is 7.67. The van der Waals surface area contributed by atoms with Gasteiger partial charge in [-0.05, 0) is 47.7 Å². The van der Waals surface area contributed by atoms with Gasteiger partial charge in [0.1, 0.15) is 0 Å². The minimum atomic E-state index is -4.61. The topological polar surface area (TPSA) is 66.4 Å². The van der Waals surface area contributed by atoms with Crippen LogP contribution in [0.25, 0.3) is 0 Å². The molecule has 2 aromatic carbocycles. The summed E-state index contributed by atoms with van der Waals surface area (Å²) in [4.78, 5) is 24.2. The van der Waals surface area contributed by atoms with Crippen molar-refractivity contribution < 1.29 is 27.9 Å². The molecule has 0 aromatic heterocycles. The van der Waals surface area contributed by atoms with Crippen molar-refractivity contribution in [2.45, 2.75) is 51.1 Å². The summed E-state index contributed by atoms with van der Waals surface area (Å²) < 4.78 is 40.6. The first-order valence-electron chi connectivity index (χ1n) is 10.1. The van der Waals surface area contributed by atoms with Crippen molar-refractivity contribution >= 4 is 40.8 Å². The highest BCUT2D eigenvalue weighted by atomic mass is 35.5. The Kier molecular flexibility index (Phi) is 8.98. The molecule has 0 spiro atoms. The number of aliphatic carboxylic acids is 1. The molecule has 0 saturated carbocycles. The van der Waals surface area contributed by atoms with E-state index >= 15 is 0 Å². The lowest BCUT2D eigenvalue weighted by molar-refractivity contribution is -0.178. The zero-order valence-corrected chi connectivity index (χ0v) is 19.1. The number of benzene rings is 2. The van der Waals surface area contributed by atoms with E-state index in [0.717, 1.165) is 13.3 Å². The summed E-state index contributed by atoms with van der Waals surface area (Å²) in [7, 11) is 0.